The van der Waals surface area contributed by atoms with Gasteiger partial charge in [-0.15, -0.1) is 0 Å². The summed E-state index contributed by atoms with van der Waals surface area (Å²) in [7, 11) is 1.72. The van der Waals surface area contributed by atoms with Crippen LogP contribution < -0.4 is 10.1 Å². The Morgan fingerprint density at radius 3 is 2.55 bits per heavy atom. The highest BCUT2D eigenvalue weighted by atomic mass is 32.2. The van der Waals surface area contributed by atoms with Crippen LogP contribution in [0.3, 0.4) is 0 Å². The minimum Gasteiger partial charge on any atom is -0.496 e. The molecule has 2 fully saturated rings. The van der Waals surface area contributed by atoms with Crippen LogP contribution in [0.5, 0.6) is 5.75 Å². The van der Waals surface area contributed by atoms with Gasteiger partial charge in [-0.05, 0) is 78.6 Å². The molecule has 0 aromatic heterocycles. The van der Waals surface area contributed by atoms with Crippen molar-refractivity contribution >= 4 is 29.4 Å². The Morgan fingerprint density at radius 2 is 1.88 bits per heavy atom. The van der Waals surface area contributed by atoms with E-state index in [-0.39, 0.29) is 17.4 Å². The normalized spacial score (nSPS) is 24.5. The lowest BCUT2D eigenvalue weighted by molar-refractivity contribution is -0.129. The standard InChI is InChI=1S/C28H36N2O2S/c1-18(2)23-16-21(20(4)15-25(23)32-5)17-26-27(31)30(24-14-10-9-11-19(24)3)28(33-26)29-22-12-7-6-8-13-22/h6-8,12-13,15-19,24,28-29H,9-11,14H2,1-5H3/b26-17-/t19-,24+,28?/m0/s1. The maximum atomic E-state index is 13.8. The molecule has 0 radical (unpaired) electrons. The molecule has 4 nitrogen and oxygen atoms in total. The molecule has 1 saturated heterocycles. The van der Waals surface area contributed by atoms with Gasteiger partial charge < -0.3 is 15.0 Å². The van der Waals surface area contributed by atoms with Crippen molar-refractivity contribution in [1.82, 2.24) is 4.90 Å². The van der Waals surface area contributed by atoms with Crippen LogP contribution in [-0.2, 0) is 4.79 Å². The van der Waals surface area contributed by atoms with Crippen molar-refractivity contribution in [2.45, 2.75) is 70.8 Å². The number of rotatable bonds is 6. The first-order valence-corrected chi connectivity index (χ1v) is 13.0. The number of carbonyl (C=O) groups excluding carboxylic acids is 1. The molecule has 1 heterocycles. The van der Waals surface area contributed by atoms with Crippen molar-refractivity contribution < 1.29 is 9.53 Å². The molecular formula is C28H36N2O2S. The Hall–Kier alpha value is -2.40. The number of nitrogens with one attached hydrogen (secondary N) is 1. The molecule has 33 heavy (non-hydrogen) atoms. The van der Waals surface area contributed by atoms with Crippen LogP contribution in [0.25, 0.3) is 6.08 Å². The summed E-state index contributed by atoms with van der Waals surface area (Å²) in [5.74, 6) is 1.92. The smallest absolute Gasteiger partial charge is 0.262 e. The van der Waals surface area contributed by atoms with E-state index in [0.717, 1.165) is 33.9 Å². The molecule has 1 unspecified atom stereocenters. The van der Waals surface area contributed by atoms with E-state index in [1.807, 2.05) is 18.2 Å². The lowest BCUT2D eigenvalue weighted by Crippen LogP contribution is -2.48. The van der Waals surface area contributed by atoms with Gasteiger partial charge in [0.05, 0.1) is 12.0 Å². The zero-order valence-corrected chi connectivity index (χ0v) is 21.2. The lowest BCUT2D eigenvalue weighted by Gasteiger charge is -2.39. The second-order valence-corrected chi connectivity index (χ2v) is 10.8. The first-order chi connectivity index (χ1) is 15.9. The number of benzene rings is 2. The average molecular weight is 465 g/mol. The van der Waals surface area contributed by atoms with Crippen LogP contribution in [-0.4, -0.2) is 29.5 Å². The lowest BCUT2D eigenvalue weighted by atomic mass is 9.85. The quantitative estimate of drug-likeness (QED) is 0.467. The van der Waals surface area contributed by atoms with Gasteiger partial charge >= 0.3 is 0 Å². The summed E-state index contributed by atoms with van der Waals surface area (Å²) in [5.41, 5.74) is 4.32. The highest BCUT2D eigenvalue weighted by Crippen LogP contribution is 2.43. The number of thioether (sulfide) groups is 1. The fourth-order valence-corrected chi connectivity index (χ4v) is 6.21. The largest absolute Gasteiger partial charge is 0.496 e. The maximum absolute atomic E-state index is 13.8. The summed E-state index contributed by atoms with van der Waals surface area (Å²) in [6, 6.07) is 14.8. The summed E-state index contributed by atoms with van der Waals surface area (Å²) < 4.78 is 5.61. The summed E-state index contributed by atoms with van der Waals surface area (Å²) in [6.07, 6.45) is 6.80. The molecule has 2 aromatic rings. The number of anilines is 1. The summed E-state index contributed by atoms with van der Waals surface area (Å²) in [6.45, 7) is 8.73. The van der Waals surface area contributed by atoms with Gasteiger partial charge in [-0.3, -0.25) is 4.79 Å². The SMILES string of the molecule is COc1cc(C)c(/C=C2\SC(Nc3ccccc3)N([C@@H]3CCCC[C@@H]3C)C2=O)cc1C(C)C. The van der Waals surface area contributed by atoms with Crippen molar-refractivity contribution in [2.75, 3.05) is 12.4 Å². The molecule has 1 N–H and O–H groups in total. The Bertz CT molecular complexity index is 1020. The fraction of sp³-hybridized carbons (Fsp3) is 0.464. The van der Waals surface area contributed by atoms with Crippen molar-refractivity contribution in [3.8, 4) is 5.75 Å². The van der Waals surface area contributed by atoms with Gasteiger partial charge in [0.1, 0.15) is 5.75 Å². The minimum absolute atomic E-state index is 0.0974. The molecule has 1 aliphatic heterocycles. The number of ether oxygens (including phenoxy) is 1. The van der Waals surface area contributed by atoms with Gasteiger partial charge in [-0.2, -0.15) is 0 Å². The minimum atomic E-state index is -0.0974. The first-order valence-electron chi connectivity index (χ1n) is 12.1. The molecular weight excluding hydrogens is 428 g/mol. The summed E-state index contributed by atoms with van der Waals surface area (Å²) in [5, 5.41) is 3.62. The Morgan fingerprint density at radius 1 is 1.15 bits per heavy atom. The van der Waals surface area contributed by atoms with Gasteiger partial charge in [0, 0.05) is 11.7 Å². The van der Waals surface area contributed by atoms with E-state index in [0.29, 0.717) is 11.8 Å². The van der Waals surface area contributed by atoms with Gasteiger partial charge in [0.2, 0.25) is 0 Å². The molecule has 1 amide bonds. The van der Waals surface area contributed by atoms with Crippen LogP contribution >= 0.6 is 11.8 Å². The maximum Gasteiger partial charge on any atom is 0.262 e. The molecule has 0 spiro atoms. The van der Waals surface area contributed by atoms with Crippen LogP contribution in [0.1, 0.15) is 69.1 Å². The van der Waals surface area contributed by atoms with E-state index in [9.17, 15) is 4.79 Å². The van der Waals surface area contributed by atoms with Crippen molar-refractivity contribution in [3.05, 3.63) is 64.1 Å². The van der Waals surface area contributed by atoms with E-state index < -0.39 is 0 Å². The van der Waals surface area contributed by atoms with Crippen LogP contribution in [0, 0.1) is 12.8 Å². The Balaban J connectivity index is 1.70. The third-order valence-corrected chi connectivity index (χ3v) is 8.07. The molecule has 3 atom stereocenters. The number of hydrogen-bond donors (Lipinski definition) is 1. The number of hydrogen-bond acceptors (Lipinski definition) is 4. The van der Waals surface area contributed by atoms with Crippen LogP contribution in [0.15, 0.2) is 47.4 Å². The molecule has 1 saturated carbocycles. The molecule has 0 bridgehead atoms. The van der Waals surface area contributed by atoms with Crippen LogP contribution in [0.2, 0.25) is 0 Å². The molecule has 5 heteroatoms. The van der Waals surface area contributed by atoms with Crippen molar-refractivity contribution in [2.24, 2.45) is 5.92 Å². The predicted molar refractivity (Wildman–Crippen MR) is 140 cm³/mol. The predicted octanol–water partition coefficient (Wildman–Crippen LogP) is 7.02. The van der Waals surface area contributed by atoms with Crippen molar-refractivity contribution in [1.29, 1.82) is 0 Å². The zero-order valence-electron chi connectivity index (χ0n) is 20.4. The second kappa shape index (κ2) is 10.3. The van der Waals surface area contributed by atoms with E-state index in [1.54, 1.807) is 18.9 Å². The van der Waals surface area contributed by atoms with E-state index in [1.165, 1.54) is 24.8 Å². The number of carbonyl (C=O) groups is 1. The zero-order chi connectivity index (χ0) is 23.5. The summed E-state index contributed by atoms with van der Waals surface area (Å²) >= 11 is 1.64. The third-order valence-electron chi connectivity index (χ3n) is 6.95. The Kier molecular flexibility index (Phi) is 7.38. The highest BCUT2D eigenvalue weighted by Gasteiger charge is 2.43. The van der Waals surface area contributed by atoms with Crippen molar-refractivity contribution in [3.63, 3.8) is 0 Å². The monoisotopic (exact) mass is 464 g/mol. The number of amides is 1. The molecule has 4 rings (SSSR count). The van der Waals surface area contributed by atoms with E-state index >= 15 is 0 Å². The topological polar surface area (TPSA) is 41.6 Å². The van der Waals surface area contributed by atoms with E-state index in [4.69, 9.17) is 4.74 Å². The second-order valence-electron chi connectivity index (χ2n) is 9.64. The molecule has 2 aromatic carbocycles. The molecule has 2 aliphatic rings. The number of para-hydroxylation sites is 1. The third kappa shape index (κ3) is 5.08. The first kappa shape index (κ1) is 23.7. The highest BCUT2D eigenvalue weighted by molar-refractivity contribution is 8.05. The van der Waals surface area contributed by atoms with Gasteiger partial charge in [-0.1, -0.05) is 63.6 Å². The number of methoxy groups -OCH3 is 1. The van der Waals surface area contributed by atoms with Crippen LogP contribution in [0.4, 0.5) is 5.69 Å². The Labute approximate surface area is 202 Å². The fourth-order valence-electron chi connectivity index (χ4n) is 5.01. The average Bonchev–Trinajstić information content (AvgIpc) is 3.10. The van der Waals surface area contributed by atoms with E-state index in [2.05, 4.69) is 68.3 Å². The molecule has 1 aliphatic carbocycles. The van der Waals surface area contributed by atoms with Gasteiger partial charge in [0.25, 0.3) is 5.91 Å². The number of aryl methyl sites for hydroxylation is 1. The summed E-state index contributed by atoms with van der Waals surface area (Å²) in [4.78, 5) is 16.7. The van der Waals surface area contributed by atoms with Gasteiger partial charge in [0.15, 0.2) is 5.50 Å². The molecule has 176 valence electrons. The number of nitrogens with zero attached hydrogens (tertiary/aromatic N) is 1. The van der Waals surface area contributed by atoms with Gasteiger partial charge in [-0.25, -0.2) is 0 Å².